The first-order valence-corrected chi connectivity index (χ1v) is 7.74. The van der Waals surface area contributed by atoms with Crippen LogP contribution in [-0.2, 0) is 17.7 Å². The number of nitrogens with one attached hydrogen (secondary N) is 1. The van der Waals surface area contributed by atoms with Crippen LogP contribution >= 0.6 is 0 Å². The number of alkyl carbamates (subject to hydrolysis) is 1. The Bertz CT molecular complexity index is 433. The van der Waals surface area contributed by atoms with Crippen molar-refractivity contribution in [2.24, 2.45) is 5.92 Å². The Morgan fingerprint density at radius 1 is 1.43 bits per heavy atom. The van der Waals surface area contributed by atoms with Crippen molar-refractivity contribution in [1.82, 2.24) is 14.9 Å². The Balaban J connectivity index is 2.32. The highest BCUT2D eigenvalue weighted by molar-refractivity contribution is 5.67. The van der Waals surface area contributed by atoms with Gasteiger partial charge in [0.05, 0.1) is 6.33 Å². The average molecular weight is 295 g/mol. The minimum atomic E-state index is -0.456. The number of aromatic nitrogens is 2. The number of hydrogen-bond acceptors (Lipinski definition) is 3. The van der Waals surface area contributed by atoms with Gasteiger partial charge in [-0.1, -0.05) is 13.8 Å². The summed E-state index contributed by atoms with van der Waals surface area (Å²) in [4.78, 5) is 15.8. The van der Waals surface area contributed by atoms with Crippen LogP contribution in [0, 0.1) is 5.92 Å². The predicted octanol–water partition coefficient (Wildman–Crippen LogP) is 3.39. The van der Waals surface area contributed by atoms with E-state index in [1.54, 1.807) is 0 Å². The molecule has 0 bridgehead atoms. The highest BCUT2D eigenvalue weighted by atomic mass is 16.6. The Labute approximate surface area is 128 Å². The van der Waals surface area contributed by atoms with Gasteiger partial charge in [-0.15, -0.1) is 0 Å². The largest absolute Gasteiger partial charge is 0.444 e. The van der Waals surface area contributed by atoms with Crippen molar-refractivity contribution in [2.45, 2.75) is 66.0 Å². The van der Waals surface area contributed by atoms with Gasteiger partial charge in [-0.2, -0.15) is 0 Å². The number of rotatable bonds is 7. The van der Waals surface area contributed by atoms with Crippen molar-refractivity contribution in [3.8, 4) is 0 Å². The van der Waals surface area contributed by atoms with Gasteiger partial charge in [0, 0.05) is 31.4 Å². The number of aryl methyl sites for hydroxylation is 1. The van der Waals surface area contributed by atoms with E-state index in [0.29, 0.717) is 6.54 Å². The van der Waals surface area contributed by atoms with Gasteiger partial charge >= 0.3 is 6.09 Å². The zero-order valence-electron chi connectivity index (χ0n) is 14.0. The molecule has 0 saturated heterocycles. The summed E-state index contributed by atoms with van der Waals surface area (Å²) in [5, 5.41) is 2.78. The third kappa shape index (κ3) is 7.73. The molecule has 0 atom stereocenters. The Kier molecular flexibility index (Phi) is 6.72. The number of ether oxygens (including phenoxy) is 1. The predicted molar refractivity (Wildman–Crippen MR) is 84.2 cm³/mol. The maximum atomic E-state index is 11.6. The van der Waals surface area contributed by atoms with Crippen LogP contribution in [0.4, 0.5) is 4.79 Å². The molecule has 0 unspecified atom stereocenters. The smallest absolute Gasteiger partial charge is 0.407 e. The first kappa shape index (κ1) is 17.5. The number of amides is 1. The van der Waals surface area contributed by atoms with Crippen molar-refractivity contribution in [3.63, 3.8) is 0 Å². The zero-order valence-corrected chi connectivity index (χ0v) is 14.0. The summed E-state index contributed by atoms with van der Waals surface area (Å²) in [6.07, 6.45) is 6.50. The Morgan fingerprint density at radius 3 is 2.76 bits per heavy atom. The molecule has 5 heteroatoms. The van der Waals surface area contributed by atoms with Crippen LogP contribution in [0.25, 0.3) is 0 Å². The lowest BCUT2D eigenvalue weighted by Gasteiger charge is -2.19. The summed E-state index contributed by atoms with van der Waals surface area (Å²) >= 11 is 0. The summed E-state index contributed by atoms with van der Waals surface area (Å²) in [6, 6.07) is 0. The summed E-state index contributed by atoms with van der Waals surface area (Å²) in [6.45, 7) is 11.6. The molecule has 0 saturated carbocycles. The van der Waals surface area contributed by atoms with Gasteiger partial charge in [-0.25, -0.2) is 9.78 Å². The van der Waals surface area contributed by atoms with Crippen molar-refractivity contribution in [1.29, 1.82) is 0 Å². The molecule has 0 aliphatic carbocycles. The molecule has 0 aromatic carbocycles. The lowest BCUT2D eigenvalue weighted by atomic mass is 10.1. The van der Waals surface area contributed by atoms with E-state index < -0.39 is 5.60 Å². The van der Waals surface area contributed by atoms with Crippen LogP contribution in [0.3, 0.4) is 0 Å². The lowest BCUT2D eigenvalue weighted by Crippen LogP contribution is -2.33. The number of hydrogen-bond donors (Lipinski definition) is 1. The van der Waals surface area contributed by atoms with Crippen LogP contribution in [0.2, 0.25) is 0 Å². The van der Waals surface area contributed by atoms with Crippen LogP contribution in [0.5, 0.6) is 0 Å². The van der Waals surface area contributed by atoms with Crippen LogP contribution in [0.15, 0.2) is 12.5 Å². The van der Waals surface area contributed by atoms with E-state index in [1.165, 1.54) is 6.42 Å². The summed E-state index contributed by atoms with van der Waals surface area (Å²) in [5.74, 6) is 0.728. The van der Waals surface area contributed by atoms with Crippen molar-refractivity contribution >= 4 is 6.09 Å². The van der Waals surface area contributed by atoms with Crippen LogP contribution < -0.4 is 5.32 Å². The monoisotopic (exact) mass is 295 g/mol. The van der Waals surface area contributed by atoms with Crippen LogP contribution in [-0.4, -0.2) is 27.8 Å². The van der Waals surface area contributed by atoms with Crippen LogP contribution in [0.1, 0.15) is 53.2 Å². The van der Waals surface area contributed by atoms with Crippen molar-refractivity contribution < 1.29 is 9.53 Å². The van der Waals surface area contributed by atoms with E-state index in [1.807, 2.05) is 33.3 Å². The number of imidazole rings is 1. The standard InChI is InChI=1S/C16H29N3O2/c1-13(2)7-6-10-19-12-17-11-14(19)8-9-18-15(20)21-16(3,4)5/h11-13H,6-10H2,1-5H3,(H,18,20). The van der Waals surface area contributed by atoms with E-state index in [4.69, 9.17) is 4.74 Å². The molecular formula is C16H29N3O2. The summed E-state index contributed by atoms with van der Waals surface area (Å²) in [5.41, 5.74) is 0.692. The van der Waals surface area contributed by atoms with E-state index in [-0.39, 0.29) is 6.09 Å². The molecule has 1 rings (SSSR count). The molecule has 0 radical (unpaired) electrons. The highest BCUT2D eigenvalue weighted by Gasteiger charge is 2.15. The summed E-state index contributed by atoms with van der Waals surface area (Å²) in [7, 11) is 0. The van der Waals surface area contributed by atoms with E-state index in [2.05, 4.69) is 28.7 Å². The molecule has 5 nitrogen and oxygen atoms in total. The molecule has 1 heterocycles. The first-order valence-electron chi connectivity index (χ1n) is 7.74. The van der Waals surface area contributed by atoms with Crippen molar-refractivity contribution in [3.05, 3.63) is 18.2 Å². The van der Waals surface area contributed by atoms with E-state index >= 15 is 0 Å². The van der Waals surface area contributed by atoms with Gasteiger partial charge < -0.3 is 14.6 Å². The maximum absolute atomic E-state index is 11.6. The second-order valence-electron chi connectivity index (χ2n) is 6.79. The van der Waals surface area contributed by atoms with Crippen molar-refractivity contribution in [2.75, 3.05) is 6.54 Å². The van der Waals surface area contributed by atoms with Gasteiger partial charge in [0.15, 0.2) is 0 Å². The molecule has 1 amide bonds. The topological polar surface area (TPSA) is 56.2 Å². The fourth-order valence-electron chi connectivity index (χ4n) is 2.03. The minimum Gasteiger partial charge on any atom is -0.444 e. The molecule has 1 N–H and O–H groups in total. The van der Waals surface area contributed by atoms with E-state index in [9.17, 15) is 4.79 Å². The van der Waals surface area contributed by atoms with Gasteiger partial charge in [0.25, 0.3) is 0 Å². The lowest BCUT2D eigenvalue weighted by molar-refractivity contribution is 0.0528. The number of carbonyl (C=O) groups excluding carboxylic acids is 1. The van der Waals surface area contributed by atoms with E-state index in [0.717, 1.165) is 31.0 Å². The fraction of sp³-hybridized carbons (Fsp3) is 0.750. The van der Waals surface area contributed by atoms with Gasteiger partial charge in [0.1, 0.15) is 5.60 Å². The summed E-state index contributed by atoms with van der Waals surface area (Å²) < 4.78 is 7.37. The molecule has 0 fully saturated rings. The third-order valence-electron chi connectivity index (χ3n) is 3.03. The average Bonchev–Trinajstić information content (AvgIpc) is 2.74. The molecule has 0 aliphatic rings. The molecular weight excluding hydrogens is 266 g/mol. The molecule has 21 heavy (non-hydrogen) atoms. The quantitative estimate of drug-likeness (QED) is 0.839. The molecule has 0 aliphatic heterocycles. The van der Waals surface area contributed by atoms with Gasteiger partial charge in [-0.05, 0) is 39.5 Å². The first-order chi connectivity index (χ1) is 9.78. The van der Waals surface area contributed by atoms with Gasteiger partial charge in [0.2, 0.25) is 0 Å². The minimum absolute atomic E-state index is 0.367. The van der Waals surface area contributed by atoms with Gasteiger partial charge in [-0.3, -0.25) is 0 Å². The highest BCUT2D eigenvalue weighted by Crippen LogP contribution is 2.08. The second-order valence-corrected chi connectivity index (χ2v) is 6.79. The third-order valence-corrected chi connectivity index (χ3v) is 3.03. The zero-order chi connectivity index (χ0) is 15.9. The molecule has 120 valence electrons. The number of carbonyl (C=O) groups is 1. The number of nitrogens with zero attached hydrogens (tertiary/aromatic N) is 2. The Hall–Kier alpha value is -1.52. The molecule has 1 aromatic heterocycles. The normalized spacial score (nSPS) is 11.7. The fourth-order valence-corrected chi connectivity index (χ4v) is 2.03. The Morgan fingerprint density at radius 2 is 2.14 bits per heavy atom. The molecule has 1 aromatic rings. The second kappa shape index (κ2) is 8.05. The molecule has 0 spiro atoms. The SMILES string of the molecule is CC(C)CCCn1cncc1CCNC(=O)OC(C)(C)C. The maximum Gasteiger partial charge on any atom is 0.407 e.